The van der Waals surface area contributed by atoms with Gasteiger partial charge in [-0.2, -0.15) is 22.0 Å². The summed E-state index contributed by atoms with van der Waals surface area (Å²) in [6.45, 7) is 1.45. The molecule has 0 aliphatic carbocycles. The monoisotopic (exact) mass is 407 g/mol. The molecule has 2 rings (SSSR count). The van der Waals surface area contributed by atoms with Crippen LogP contribution in [0.15, 0.2) is 34.2 Å². The number of carbonyl (C=O) groups is 1. The summed E-state index contributed by atoms with van der Waals surface area (Å²) in [6.07, 6.45) is -4.77. The Labute approximate surface area is 154 Å². The van der Waals surface area contributed by atoms with E-state index < -0.39 is 29.0 Å². The molecule has 2 N–H and O–H groups in total. The molecule has 0 bridgehead atoms. The number of aryl methyl sites for hydroxylation is 1. The first-order chi connectivity index (χ1) is 12.6. The standard InChI is InChI=1S/C16H14F5N3O2S/c1-8-11(13(26)24-15(22-8)27-14(17)18)5-6-12(25)23-10-4-2-3-9(7-10)16(19,20)21/h2-4,7,14H,5-6H2,1H3,(H,23,25)(H,22,24,26). The highest BCUT2D eigenvalue weighted by Gasteiger charge is 2.30. The molecule has 1 amide bonds. The molecule has 146 valence electrons. The van der Waals surface area contributed by atoms with Crippen LogP contribution in [0.1, 0.15) is 23.2 Å². The van der Waals surface area contributed by atoms with E-state index in [1.54, 1.807) is 0 Å². The molecule has 1 heterocycles. The lowest BCUT2D eigenvalue weighted by atomic mass is 10.1. The maximum Gasteiger partial charge on any atom is 0.416 e. The summed E-state index contributed by atoms with van der Waals surface area (Å²) in [5.74, 6) is -3.34. The summed E-state index contributed by atoms with van der Waals surface area (Å²) in [5, 5.41) is 2.09. The zero-order valence-electron chi connectivity index (χ0n) is 13.9. The molecule has 0 radical (unpaired) electrons. The lowest BCUT2D eigenvalue weighted by Crippen LogP contribution is -2.20. The van der Waals surface area contributed by atoms with Crippen LogP contribution in [0.25, 0.3) is 0 Å². The Morgan fingerprint density at radius 1 is 1.33 bits per heavy atom. The fraction of sp³-hybridized carbons (Fsp3) is 0.312. The second-order valence-electron chi connectivity index (χ2n) is 5.44. The van der Waals surface area contributed by atoms with Gasteiger partial charge in [-0.25, -0.2) is 4.98 Å². The van der Waals surface area contributed by atoms with Gasteiger partial charge in [-0.3, -0.25) is 9.59 Å². The average molecular weight is 407 g/mol. The lowest BCUT2D eigenvalue weighted by Gasteiger charge is -2.10. The van der Waals surface area contributed by atoms with Gasteiger partial charge < -0.3 is 10.3 Å². The fourth-order valence-electron chi connectivity index (χ4n) is 2.25. The number of thioether (sulfide) groups is 1. The number of halogens is 5. The van der Waals surface area contributed by atoms with E-state index in [4.69, 9.17) is 0 Å². The summed E-state index contributed by atoms with van der Waals surface area (Å²) in [4.78, 5) is 30.0. The number of hydrogen-bond acceptors (Lipinski definition) is 4. The first-order valence-corrected chi connectivity index (χ1v) is 8.46. The average Bonchev–Trinajstić information content (AvgIpc) is 2.52. The van der Waals surface area contributed by atoms with Crippen LogP contribution >= 0.6 is 11.8 Å². The van der Waals surface area contributed by atoms with E-state index in [0.717, 1.165) is 18.2 Å². The summed E-state index contributed by atoms with van der Waals surface area (Å²) >= 11 is 0.0937. The molecule has 1 aromatic heterocycles. The van der Waals surface area contributed by atoms with Crippen LogP contribution < -0.4 is 10.9 Å². The number of aromatic nitrogens is 2. The second kappa shape index (κ2) is 8.51. The number of amides is 1. The number of carbonyl (C=O) groups excluding carboxylic acids is 1. The van der Waals surface area contributed by atoms with Crippen LogP contribution in [-0.4, -0.2) is 21.6 Å². The Morgan fingerprint density at radius 3 is 2.63 bits per heavy atom. The van der Waals surface area contributed by atoms with Gasteiger partial charge in [0.1, 0.15) is 0 Å². The summed E-state index contributed by atoms with van der Waals surface area (Å²) in [7, 11) is 0. The summed E-state index contributed by atoms with van der Waals surface area (Å²) < 4.78 is 62.7. The first kappa shape index (κ1) is 20.9. The first-order valence-electron chi connectivity index (χ1n) is 7.58. The van der Waals surface area contributed by atoms with E-state index in [1.165, 1.54) is 13.0 Å². The molecule has 0 saturated carbocycles. The van der Waals surface area contributed by atoms with Gasteiger partial charge in [0.2, 0.25) is 5.91 Å². The number of hydrogen-bond donors (Lipinski definition) is 2. The van der Waals surface area contributed by atoms with Crippen molar-refractivity contribution in [2.75, 3.05) is 5.32 Å². The van der Waals surface area contributed by atoms with Crippen LogP contribution in [0.5, 0.6) is 0 Å². The number of anilines is 1. The van der Waals surface area contributed by atoms with Crippen molar-refractivity contribution in [2.24, 2.45) is 0 Å². The normalized spacial score (nSPS) is 11.7. The van der Waals surface area contributed by atoms with Crippen molar-refractivity contribution in [1.82, 2.24) is 9.97 Å². The predicted octanol–water partition coefficient (Wildman–Crippen LogP) is 3.98. The molecule has 1 aromatic carbocycles. The van der Waals surface area contributed by atoms with Crippen LogP contribution in [-0.2, 0) is 17.4 Å². The Hall–Kier alpha value is -2.43. The highest BCUT2D eigenvalue weighted by Crippen LogP contribution is 2.30. The number of rotatable bonds is 6. The van der Waals surface area contributed by atoms with Crippen molar-refractivity contribution in [1.29, 1.82) is 0 Å². The highest BCUT2D eigenvalue weighted by molar-refractivity contribution is 7.99. The molecule has 0 fully saturated rings. The molecule has 0 atom stereocenters. The van der Waals surface area contributed by atoms with Gasteiger partial charge in [-0.15, -0.1) is 0 Å². The van der Waals surface area contributed by atoms with Gasteiger partial charge in [0.15, 0.2) is 5.16 Å². The minimum atomic E-state index is -4.53. The molecule has 11 heteroatoms. The van der Waals surface area contributed by atoms with Crippen molar-refractivity contribution < 1.29 is 26.7 Å². The lowest BCUT2D eigenvalue weighted by molar-refractivity contribution is -0.137. The summed E-state index contributed by atoms with van der Waals surface area (Å²) in [5.41, 5.74) is -1.22. The minimum Gasteiger partial charge on any atom is -0.326 e. The van der Waals surface area contributed by atoms with Crippen molar-refractivity contribution in [3.05, 3.63) is 51.4 Å². The Kier molecular flexibility index (Phi) is 6.58. The SMILES string of the molecule is Cc1nc(SC(F)F)[nH]c(=O)c1CCC(=O)Nc1cccc(C(F)(F)F)c1. The van der Waals surface area contributed by atoms with Gasteiger partial charge >= 0.3 is 6.18 Å². The molecule has 5 nitrogen and oxygen atoms in total. The fourth-order valence-corrected chi connectivity index (χ4v) is 2.76. The number of alkyl halides is 5. The van der Waals surface area contributed by atoms with Crippen LogP contribution in [0.3, 0.4) is 0 Å². The van der Waals surface area contributed by atoms with E-state index >= 15 is 0 Å². The van der Waals surface area contributed by atoms with Gasteiger partial charge in [0, 0.05) is 23.4 Å². The Bertz CT molecular complexity index is 883. The molecular weight excluding hydrogens is 393 g/mol. The zero-order valence-corrected chi connectivity index (χ0v) is 14.7. The van der Waals surface area contributed by atoms with Crippen molar-refractivity contribution in [3.8, 4) is 0 Å². The molecule has 0 aliphatic heterocycles. The van der Waals surface area contributed by atoms with Gasteiger partial charge in [0.25, 0.3) is 11.3 Å². The van der Waals surface area contributed by atoms with E-state index in [9.17, 15) is 31.5 Å². The molecule has 0 spiro atoms. The Balaban J connectivity index is 2.03. The van der Waals surface area contributed by atoms with Crippen molar-refractivity contribution >= 4 is 23.4 Å². The third-order valence-electron chi connectivity index (χ3n) is 3.48. The summed E-state index contributed by atoms with van der Waals surface area (Å²) in [6, 6.07) is 4.15. The molecule has 0 saturated heterocycles. The maximum absolute atomic E-state index is 12.7. The quantitative estimate of drug-likeness (QED) is 0.432. The van der Waals surface area contributed by atoms with Gasteiger partial charge in [0.05, 0.1) is 5.56 Å². The third kappa shape index (κ3) is 6.05. The van der Waals surface area contributed by atoms with Crippen molar-refractivity contribution in [2.45, 2.75) is 36.9 Å². The van der Waals surface area contributed by atoms with E-state index in [1.807, 2.05) is 0 Å². The van der Waals surface area contributed by atoms with Crippen LogP contribution in [0.4, 0.5) is 27.6 Å². The number of aromatic amines is 1. The van der Waals surface area contributed by atoms with Crippen LogP contribution in [0.2, 0.25) is 0 Å². The van der Waals surface area contributed by atoms with Gasteiger partial charge in [-0.05, 0) is 43.3 Å². The van der Waals surface area contributed by atoms with E-state index in [0.29, 0.717) is 0 Å². The number of benzene rings is 1. The smallest absolute Gasteiger partial charge is 0.326 e. The van der Waals surface area contributed by atoms with Crippen molar-refractivity contribution in [3.63, 3.8) is 0 Å². The third-order valence-corrected chi connectivity index (χ3v) is 4.07. The highest BCUT2D eigenvalue weighted by atomic mass is 32.2. The molecule has 2 aromatic rings. The maximum atomic E-state index is 12.7. The van der Waals surface area contributed by atoms with E-state index in [-0.39, 0.29) is 46.7 Å². The molecule has 0 aliphatic rings. The number of nitrogens with one attached hydrogen (secondary N) is 2. The van der Waals surface area contributed by atoms with Crippen LogP contribution in [0, 0.1) is 6.92 Å². The molecular formula is C16H14F5N3O2S. The number of H-pyrrole nitrogens is 1. The number of nitrogens with zero attached hydrogens (tertiary/aromatic N) is 1. The predicted molar refractivity (Wildman–Crippen MR) is 89.9 cm³/mol. The minimum absolute atomic E-state index is 0.0257. The largest absolute Gasteiger partial charge is 0.416 e. The zero-order chi connectivity index (χ0) is 20.2. The second-order valence-corrected chi connectivity index (χ2v) is 6.42. The molecule has 27 heavy (non-hydrogen) atoms. The Morgan fingerprint density at radius 2 is 2.04 bits per heavy atom. The van der Waals surface area contributed by atoms with E-state index in [2.05, 4.69) is 15.3 Å². The topological polar surface area (TPSA) is 74.8 Å². The molecule has 0 unspecified atom stereocenters. The van der Waals surface area contributed by atoms with Gasteiger partial charge in [-0.1, -0.05) is 6.07 Å².